The summed E-state index contributed by atoms with van der Waals surface area (Å²) in [6.45, 7) is 3.36. The first-order valence-electron chi connectivity index (χ1n) is 8.82. The van der Waals surface area contributed by atoms with Crippen molar-refractivity contribution in [3.8, 4) is 11.5 Å². The van der Waals surface area contributed by atoms with E-state index in [-0.39, 0.29) is 5.69 Å². The third-order valence-electron chi connectivity index (χ3n) is 3.80. The molecule has 1 amide bonds. The van der Waals surface area contributed by atoms with Gasteiger partial charge < -0.3 is 9.47 Å². The van der Waals surface area contributed by atoms with Crippen LogP contribution in [0.4, 0.5) is 10.1 Å². The van der Waals surface area contributed by atoms with E-state index < -0.39 is 28.3 Å². The van der Waals surface area contributed by atoms with Crippen LogP contribution in [-0.4, -0.2) is 47.1 Å². The third-order valence-corrected chi connectivity index (χ3v) is 5.53. The zero-order chi connectivity index (χ0) is 23.0. The van der Waals surface area contributed by atoms with E-state index in [0.29, 0.717) is 28.1 Å². The lowest BCUT2D eigenvalue weighted by molar-refractivity contribution is -0.119. The lowest BCUT2D eigenvalue weighted by Crippen LogP contribution is -2.39. The van der Waals surface area contributed by atoms with Crippen molar-refractivity contribution in [1.29, 1.82) is 0 Å². The Labute approximate surface area is 188 Å². The topological polar surface area (TPSA) is 97.3 Å². The zero-order valence-corrected chi connectivity index (χ0v) is 19.2. The van der Waals surface area contributed by atoms with Crippen LogP contribution in [0.15, 0.2) is 58.6 Å². The second-order valence-corrected chi connectivity index (χ2v) is 8.93. The largest absolute Gasteiger partial charge is 0.493 e. The molecular formula is C20H21BrFN3O5S. The summed E-state index contributed by atoms with van der Waals surface area (Å²) in [7, 11) is -2.29. The standard InChI is InChI=1S/C20H21BrFN3O5S/c1-4-9-30-20-17(21)10-14(11-18(20)29-2)12-23-24-19(26)13-25(31(3,27)28)16-7-5-15(22)6-8-16/h4-8,10-12H,1,9,13H2,2-3H3,(H,24,26)/b23-12+. The van der Waals surface area contributed by atoms with Crippen LogP contribution < -0.4 is 19.2 Å². The van der Waals surface area contributed by atoms with Crippen LogP contribution in [0.2, 0.25) is 0 Å². The van der Waals surface area contributed by atoms with E-state index in [1.165, 1.54) is 25.5 Å². The number of rotatable bonds is 10. The smallest absolute Gasteiger partial charge is 0.260 e. The van der Waals surface area contributed by atoms with Gasteiger partial charge in [-0.25, -0.2) is 18.2 Å². The number of benzene rings is 2. The first kappa shape index (κ1) is 24.4. The number of hydrogen-bond acceptors (Lipinski definition) is 6. The highest BCUT2D eigenvalue weighted by molar-refractivity contribution is 9.10. The maximum absolute atomic E-state index is 13.1. The molecule has 11 heteroatoms. The molecule has 2 aromatic rings. The fourth-order valence-corrected chi connectivity index (χ4v) is 3.88. The summed E-state index contributed by atoms with van der Waals surface area (Å²) in [5.41, 5.74) is 3.02. The number of amides is 1. The second-order valence-electron chi connectivity index (χ2n) is 6.17. The number of nitrogens with zero attached hydrogens (tertiary/aromatic N) is 2. The summed E-state index contributed by atoms with van der Waals surface area (Å²) < 4.78 is 49.5. The number of carbonyl (C=O) groups excluding carboxylic acids is 1. The normalized spacial score (nSPS) is 11.2. The van der Waals surface area contributed by atoms with Crippen LogP contribution in [0.1, 0.15) is 5.56 Å². The monoisotopic (exact) mass is 513 g/mol. The van der Waals surface area contributed by atoms with Gasteiger partial charge in [0.05, 0.1) is 29.7 Å². The minimum atomic E-state index is -3.78. The Bertz CT molecular complexity index is 1070. The van der Waals surface area contributed by atoms with Crippen molar-refractivity contribution in [3.05, 3.63) is 64.9 Å². The summed E-state index contributed by atoms with van der Waals surface area (Å²) in [5, 5.41) is 3.85. The van der Waals surface area contributed by atoms with Crippen molar-refractivity contribution in [2.75, 3.05) is 30.8 Å². The van der Waals surface area contributed by atoms with Crippen molar-refractivity contribution < 1.29 is 27.1 Å². The fourth-order valence-electron chi connectivity index (χ4n) is 2.45. The number of ether oxygens (including phenoxy) is 2. The first-order valence-corrected chi connectivity index (χ1v) is 11.5. The van der Waals surface area contributed by atoms with E-state index in [9.17, 15) is 17.6 Å². The van der Waals surface area contributed by atoms with Crippen LogP contribution in [0, 0.1) is 5.82 Å². The molecule has 0 saturated carbocycles. The van der Waals surface area contributed by atoms with E-state index in [4.69, 9.17) is 9.47 Å². The Kier molecular flexibility index (Phi) is 8.57. The van der Waals surface area contributed by atoms with Crippen LogP contribution in [0.25, 0.3) is 0 Å². The molecule has 8 nitrogen and oxygen atoms in total. The Morgan fingerprint density at radius 1 is 1.32 bits per heavy atom. The molecule has 0 radical (unpaired) electrons. The van der Waals surface area contributed by atoms with Gasteiger partial charge in [-0.15, -0.1) is 0 Å². The number of methoxy groups -OCH3 is 1. The molecule has 0 atom stereocenters. The molecular weight excluding hydrogens is 493 g/mol. The minimum Gasteiger partial charge on any atom is -0.493 e. The fraction of sp³-hybridized carbons (Fsp3) is 0.200. The SMILES string of the molecule is C=CCOc1c(Br)cc(/C=N/NC(=O)CN(c2ccc(F)cc2)S(C)(=O)=O)cc1OC. The molecule has 0 heterocycles. The van der Waals surface area contributed by atoms with Gasteiger partial charge >= 0.3 is 0 Å². The van der Waals surface area contributed by atoms with Gasteiger partial charge in [0.2, 0.25) is 10.0 Å². The highest BCUT2D eigenvalue weighted by Crippen LogP contribution is 2.36. The van der Waals surface area contributed by atoms with Gasteiger partial charge in [-0.05, 0) is 57.9 Å². The van der Waals surface area contributed by atoms with Gasteiger partial charge in [0.25, 0.3) is 5.91 Å². The number of hydrogen-bond donors (Lipinski definition) is 1. The van der Waals surface area contributed by atoms with E-state index in [1.54, 1.807) is 18.2 Å². The van der Waals surface area contributed by atoms with Gasteiger partial charge in [0.15, 0.2) is 11.5 Å². The quantitative estimate of drug-likeness (QED) is 0.299. The van der Waals surface area contributed by atoms with Gasteiger partial charge in [-0.2, -0.15) is 5.10 Å². The van der Waals surface area contributed by atoms with Crippen LogP contribution in [-0.2, 0) is 14.8 Å². The van der Waals surface area contributed by atoms with Gasteiger partial charge in [-0.1, -0.05) is 12.7 Å². The van der Waals surface area contributed by atoms with Gasteiger partial charge in [0, 0.05) is 0 Å². The molecule has 166 valence electrons. The Balaban J connectivity index is 2.11. The number of carbonyl (C=O) groups is 1. The highest BCUT2D eigenvalue weighted by Gasteiger charge is 2.20. The van der Waals surface area contributed by atoms with E-state index in [1.807, 2.05) is 0 Å². The number of hydrazone groups is 1. The first-order chi connectivity index (χ1) is 14.7. The molecule has 0 saturated heterocycles. The average molecular weight is 514 g/mol. The maximum atomic E-state index is 13.1. The van der Waals surface area contributed by atoms with Crippen LogP contribution in [0.5, 0.6) is 11.5 Å². The predicted molar refractivity (Wildman–Crippen MR) is 121 cm³/mol. The lowest BCUT2D eigenvalue weighted by atomic mass is 10.2. The van der Waals surface area contributed by atoms with Crippen molar-refractivity contribution in [3.63, 3.8) is 0 Å². The molecule has 0 spiro atoms. The average Bonchev–Trinajstić information content (AvgIpc) is 2.71. The molecule has 2 aromatic carbocycles. The molecule has 1 N–H and O–H groups in total. The lowest BCUT2D eigenvalue weighted by Gasteiger charge is -2.21. The molecule has 0 aliphatic carbocycles. The van der Waals surface area contributed by atoms with E-state index >= 15 is 0 Å². The molecule has 0 aliphatic heterocycles. The Morgan fingerprint density at radius 2 is 2.00 bits per heavy atom. The third kappa shape index (κ3) is 7.07. The Morgan fingerprint density at radius 3 is 2.58 bits per heavy atom. The molecule has 2 rings (SSSR count). The van der Waals surface area contributed by atoms with Gasteiger partial charge in [-0.3, -0.25) is 9.10 Å². The van der Waals surface area contributed by atoms with Crippen molar-refractivity contribution in [2.45, 2.75) is 0 Å². The van der Waals surface area contributed by atoms with E-state index in [2.05, 4.69) is 33.0 Å². The molecule has 0 aromatic heterocycles. The summed E-state index contributed by atoms with van der Waals surface area (Å²) >= 11 is 3.39. The van der Waals surface area contributed by atoms with Crippen LogP contribution in [0.3, 0.4) is 0 Å². The van der Waals surface area contributed by atoms with Crippen molar-refractivity contribution in [2.24, 2.45) is 5.10 Å². The number of sulfonamides is 1. The summed E-state index contributed by atoms with van der Waals surface area (Å²) in [4.78, 5) is 12.2. The maximum Gasteiger partial charge on any atom is 0.260 e. The number of halogens is 2. The number of anilines is 1. The summed E-state index contributed by atoms with van der Waals surface area (Å²) in [6.07, 6.45) is 3.92. The Hall–Kier alpha value is -2.92. The summed E-state index contributed by atoms with van der Waals surface area (Å²) in [6, 6.07) is 8.12. The molecule has 31 heavy (non-hydrogen) atoms. The molecule has 0 bridgehead atoms. The van der Waals surface area contributed by atoms with Crippen molar-refractivity contribution >= 4 is 43.8 Å². The predicted octanol–water partition coefficient (Wildman–Crippen LogP) is 3.08. The minimum absolute atomic E-state index is 0.159. The van der Waals surface area contributed by atoms with E-state index in [0.717, 1.165) is 22.7 Å². The van der Waals surface area contributed by atoms with Gasteiger partial charge in [0.1, 0.15) is 19.0 Å². The summed E-state index contributed by atoms with van der Waals surface area (Å²) in [5.74, 6) is -0.257. The highest BCUT2D eigenvalue weighted by atomic mass is 79.9. The molecule has 0 aliphatic rings. The van der Waals surface area contributed by atoms with Crippen LogP contribution >= 0.6 is 15.9 Å². The molecule has 0 unspecified atom stereocenters. The van der Waals surface area contributed by atoms with Crippen molar-refractivity contribution in [1.82, 2.24) is 5.43 Å². The second kappa shape index (κ2) is 10.9. The zero-order valence-electron chi connectivity index (χ0n) is 16.8. The molecule has 0 fully saturated rings. The number of nitrogens with one attached hydrogen (secondary N) is 1.